The largest absolute Gasteiger partial charge is 0.493 e. The normalized spacial score (nSPS) is 12.3. The lowest BCUT2D eigenvalue weighted by molar-refractivity contribution is -0.115. The molecular formula is C9H8F2O3. The standard InChI is InChI=1S/C9H8F2O3/c1-14-9-6(11)3-2-5(10)8(9)7(13)4-12/h2-4,7,13H,1H3. The number of methoxy groups -OCH3 is 1. The third kappa shape index (κ3) is 1.72. The predicted molar refractivity (Wildman–Crippen MR) is 43.9 cm³/mol. The van der Waals surface area contributed by atoms with Gasteiger partial charge in [-0.1, -0.05) is 0 Å². The number of aliphatic hydroxyl groups is 1. The van der Waals surface area contributed by atoms with E-state index in [1.165, 1.54) is 0 Å². The predicted octanol–water partition coefficient (Wildman–Crippen LogP) is 1.21. The SMILES string of the molecule is COc1c(F)ccc(F)c1C(O)C=O. The van der Waals surface area contributed by atoms with Gasteiger partial charge in [-0.15, -0.1) is 0 Å². The molecule has 0 amide bonds. The maximum Gasteiger partial charge on any atom is 0.165 e. The Kier molecular flexibility index (Phi) is 3.14. The van der Waals surface area contributed by atoms with Gasteiger partial charge in [0.1, 0.15) is 11.9 Å². The van der Waals surface area contributed by atoms with Crippen LogP contribution in [0.3, 0.4) is 0 Å². The van der Waals surface area contributed by atoms with E-state index in [1.807, 2.05) is 0 Å². The van der Waals surface area contributed by atoms with Gasteiger partial charge in [0.2, 0.25) is 0 Å². The number of hydrogen-bond donors (Lipinski definition) is 1. The van der Waals surface area contributed by atoms with Crippen LogP contribution in [0, 0.1) is 11.6 Å². The minimum absolute atomic E-state index is 0.0976. The zero-order valence-electron chi connectivity index (χ0n) is 7.33. The molecule has 3 nitrogen and oxygen atoms in total. The van der Waals surface area contributed by atoms with Crippen LogP contribution in [0.2, 0.25) is 0 Å². The van der Waals surface area contributed by atoms with Crippen molar-refractivity contribution in [3.05, 3.63) is 29.3 Å². The number of hydrogen-bond acceptors (Lipinski definition) is 3. The Hall–Kier alpha value is -1.49. The molecule has 5 heteroatoms. The Balaban J connectivity index is 3.36. The van der Waals surface area contributed by atoms with Gasteiger partial charge in [0.15, 0.2) is 17.9 Å². The second kappa shape index (κ2) is 4.15. The summed E-state index contributed by atoms with van der Waals surface area (Å²) >= 11 is 0. The topological polar surface area (TPSA) is 46.5 Å². The lowest BCUT2D eigenvalue weighted by Crippen LogP contribution is -2.06. The van der Waals surface area contributed by atoms with E-state index in [2.05, 4.69) is 4.74 Å². The molecule has 0 aromatic heterocycles. The number of halogens is 2. The Morgan fingerprint density at radius 1 is 1.43 bits per heavy atom. The summed E-state index contributed by atoms with van der Waals surface area (Å²) in [5.74, 6) is -2.17. The zero-order chi connectivity index (χ0) is 10.7. The molecule has 0 saturated heterocycles. The van der Waals surface area contributed by atoms with Crippen LogP contribution in [0.15, 0.2) is 12.1 Å². The highest BCUT2D eigenvalue weighted by Crippen LogP contribution is 2.29. The molecule has 1 atom stereocenters. The monoisotopic (exact) mass is 202 g/mol. The van der Waals surface area contributed by atoms with Crippen LogP contribution in [0.25, 0.3) is 0 Å². The van der Waals surface area contributed by atoms with Crippen molar-refractivity contribution >= 4 is 6.29 Å². The van der Waals surface area contributed by atoms with Crippen molar-refractivity contribution in [1.29, 1.82) is 0 Å². The highest BCUT2D eigenvalue weighted by molar-refractivity contribution is 5.62. The van der Waals surface area contributed by atoms with Crippen LogP contribution in [0.1, 0.15) is 11.7 Å². The number of aldehydes is 1. The first-order valence-corrected chi connectivity index (χ1v) is 3.77. The van der Waals surface area contributed by atoms with Crippen molar-refractivity contribution in [2.75, 3.05) is 7.11 Å². The minimum Gasteiger partial charge on any atom is -0.493 e. The molecule has 0 fully saturated rings. The smallest absolute Gasteiger partial charge is 0.165 e. The molecule has 1 aromatic rings. The molecule has 0 aliphatic heterocycles. The molecule has 1 aromatic carbocycles. The van der Waals surface area contributed by atoms with Crippen molar-refractivity contribution in [1.82, 2.24) is 0 Å². The van der Waals surface area contributed by atoms with E-state index in [-0.39, 0.29) is 6.29 Å². The van der Waals surface area contributed by atoms with Crippen molar-refractivity contribution in [2.24, 2.45) is 0 Å². The number of rotatable bonds is 3. The van der Waals surface area contributed by atoms with Gasteiger partial charge in [-0.2, -0.15) is 0 Å². The van der Waals surface area contributed by atoms with Crippen molar-refractivity contribution < 1.29 is 23.4 Å². The zero-order valence-corrected chi connectivity index (χ0v) is 7.33. The molecule has 0 spiro atoms. The summed E-state index contributed by atoms with van der Waals surface area (Å²) in [5, 5.41) is 9.09. The summed E-state index contributed by atoms with van der Waals surface area (Å²) in [6.07, 6.45) is -1.62. The first kappa shape index (κ1) is 10.6. The van der Waals surface area contributed by atoms with Crippen LogP contribution in [-0.4, -0.2) is 18.5 Å². The molecular weight excluding hydrogens is 194 g/mol. The van der Waals surface area contributed by atoms with E-state index in [0.29, 0.717) is 0 Å². The van der Waals surface area contributed by atoms with Gasteiger partial charge < -0.3 is 14.6 Å². The molecule has 1 N–H and O–H groups in total. The number of ether oxygens (including phenoxy) is 1. The van der Waals surface area contributed by atoms with E-state index in [9.17, 15) is 13.6 Å². The fourth-order valence-corrected chi connectivity index (χ4v) is 1.10. The van der Waals surface area contributed by atoms with Gasteiger partial charge in [0.05, 0.1) is 12.7 Å². The van der Waals surface area contributed by atoms with Crippen LogP contribution >= 0.6 is 0 Å². The molecule has 0 radical (unpaired) electrons. The molecule has 0 saturated carbocycles. The molecule has 14 heavy (non-hydrogen) atoms. The second-order valence-electron chi connectivity index (χ2n) is 2.56. The van der Waals surface area contributed by atoms with Gasteiger partial charge in [0.25, 0.3) is 0 Å². The molecule has 0 aliphatic carbocycles. The third-order valence-electron chi connectivity index (χ3n) is 1.72. The molecule has 1 unspecified atom stereocenters. The quantitative estimate of drug-likeness (QED) is 0.749. The van der Waals surface area contributed by atoms with Crippen molar-refractivity contribution in [3.63, 3.8) is 0 Å². The summed E-state index contributed by atoms with van der Waals surface area (Å²) in [6.45, 7) is 0. The van der Waals surface area contributed by atoms with Crippen LogP contribution < -0.4 is 4.74 Å². The maximum absolute atomic E-state index is 13.1. The van der Waals surface area contributed by atoms with Crippen LogP contribution in [-0.2, 0) is 4.79 Å². The van der Waals surface area contributed by atoms with Crippen LogP contribution in [0.5, 0.6) is 5.75 Å². The summed E-state index contributed by atoms with van der Waals surface area (Å²) in [4.78, 5) is 10.2. The van der Waals surface area contributed by atoms with E-state index < -0.39 is 29.1 Å². The molecule has 0 aliphatic rings. The number of benzene rings is 1. The summed E-state index contributed by atoms with van der Waals surface area (Å²) < 4.78 is 30.6. The molecule has 76 valence electrons. The van der Waals surface area contributed by atoms with Gasteiger partial charge in [-0.3, -0.25) is 0 Å². The fourth-order valence-electron chi connectivity index (χ4n) is 1.10. The number of carbonyl (C=O) groups excluding carboxylic acids is 1. The van der Waals surface area contributed by atoms with Crippen molar-refractivity contribution in [3.8, 4) is 5.75 Å². The Bertz CT molecular complexity index is 352. The number of aliphatic hydroxyl groups excluding tert-OH is 1. The summed E-state index contributed by atoms with van der Waals surface area (Å²) in [7, 11) is 1.12. The highest BCUT2D eigenvalue weighted by atomic mass is 19.1. The van der Waals surface area contributed by atoms with E-state index in [0.717, 1.165) is 19.2 Å². The average molecular weight is 202 g/mol. The second-order valence-corrected chi connectivity index (χ2v) is 2.56. The number of carbonyl (C=O) groups is 1. The summed E-state index contributed by atoms with van der Waals surface area (Å²) in [6, 6.07) is 1.68. The summed E-state index contributed by atoms with van der Waals surface area (Å²) in [5.41, 5.74) is -0.484. The Morgan fingerprint density at radius 2 is 2.00 bits per heavy atom. The lowest BCUT2D eigenvalue weighted by atomic mass is 10.1. The van der Waals surface area contributed by atoms with E-state index in [1.54, 1.807) is 0 Å². The maximum atomic E-state index is 13.1. The molecule has 1 rings (SSSR count). The van der Waals surface area contributed by atoms with Gasteiger partial charge >= 0.3 is 0 Å². The Morgan fingerprint density at radius 3 is 2.50 bits per heavy atom. The molecule has 0 bridgehead atoms. The lowest BCUT2D eigenvalue weighted by Gasteiger charge is -2.11. The molecule has 0 heterocycles. The van der Waals surface area contributed by atoms with Gasteiger partial charge in [-0.25, -0.2) is 8.78 Å². The minimum atomic E-state index is -1.72. The van der Waals surface area contributed by atoms with Crippen molar-refractivity contribution in [2.45, 2.75) is 6.10 Å². The average Bonchev–Trinajstić information content (AvgIpc) is 2.19. The highest BCUT2D eigenvalue weighted by Gasteiger charge is 2.20. The van der Waals surface area contributed by atoms with E-state index >= 15 is 0 Å². The Labute approximate surface area is 78.9 Å². The van der Waals surface area contributed by atoms with E-state index in [4.69, 9.17) is 5.11 Å². The first-order valence-electron chi connectivity index (χ1n) is 3.77. The fraction of sp³-hybridized carbons (Fsp3) is 0.222. The first-order chi connectivity index (χ1) is 6.61. The van der Waals surface area contributed by atoms with Gasteiger partial charge in [0, 0.05) is 0 Å². The van der Waals surface area contributed by atoms with Crippen LogP contribution in [0.4, 0.5) is 8.78 Å². The van der Waals surface area contributed by atoms with Gasteiger partial charge in [-0.05, 0) is 12.1 Å². The third-order valence-corrected chi connectivity index (χ3v) is 1.72.